The molecule has 0 spiro atoms. The molecule has 1 aliphatic carbocycles. The summed E-state index contributed by atoms with van der Waals surface area (Å²) in [6.07, 6.45) is 9.71. The lowest BCUT2D eigenvalue weighted by atomic mass is 9.75. The quantitative estimate of drug-likeness (QED) is 0.652. The summed E-state index contributed by atoms with van der Waals surface area (Å²) in [5.41, 5.74) is 1.36. The van der Waals surface area contributed by atoms with Gasteiger partial charge in [-0.1, -0.05) is 69.7 Å². The van der Waals surface area contributed by atoms with Crippen molar-refractivity contribution in [1.29, 1.82) is 0 Å². The van der Waals surface area contributed by atoms with Crippen molar-refractivity contribution in [1.82, 2.24) is 5.32 Å². The van der Waals surface area contributed by atoms with Gasteiger partial charge >= 0.3 is 0 Å². The molecule has 1 atom stereocenters. The van der Waals surface area contributed by atoms with Crippen molar-refractivity contribution >= 4 is 11.6 Å². The van der Waals surface area contributed by atoms with Crippen LogP contribution in [0.15, 0.2) is 24.3 Å². The van der Waals surface area contributed by atoms with Crippen molar-refractivity contribution in [2.75, 3.05) is 6.54 Å². The van der Waals surface area contributed by atoms with Crippen LogP contribution in [0.3, 0.4) is 0 Å². The third kappa shape index (κ3) is 5.00. The van der Waals surface area contributed by atoms with Gasteiger partial charge in [0.25, 0.3) is 0 Å². The van der Waals surface area contributed by atoms with Crippen LogP contribution in [0, 0.1) is 11.8 Å². The summed E-state index contributed by atoms with van der Waals surface area (Å²) in [4.78, 5) is 0. The molecule has 0 saturated heterocycles. The average Bonchev–Trinajstić information content (AvgIpc) is 2.51. The molecule has 1 unspecified atom stereocenters. The Kier molecular flexibility index (Phi) is 7.06. The summed E-state index contributed by atoms with van der Waals surface area (Å²) in [6.45, 7) is 5.52. The summed E-state index contributed by atoms with van der Waals surface area (Å²) < 4.78 is 0. The Morgan fingerprint density at radius 3 is 2.57 bits per heavy atom. The van der Waals surface area contributed by atoms with Gasteiger partial charge < -0.3 is 5.32 Å². The molecule has 0 aliphatic heterocycles. The van der Waals surface area contributed by atoms with E-state index in [0.29, 0.717) is 6.04 Å². The fourth-order valence-electron chi connectivity index (χ4n) is 3.78. The number of unbranched alkanes of at least 4 members (excludes halogenated alkanes) is 1. The van der Waals surface area contributed by atoms with E-state index in [1.807, 2.05) is 6.07 Å². The Morgan fingerprint density at radius 1 is 1.19 bits per heavy atom. The van der Waals surface area contributed by atoms with Crippen molar-refractivity contribution in [3.63, 3.8) is 0 Å². The van der Waals surface area contributed by atoms with Crippen LogP contribution in [0.5, 0.6) is 0 Å². The first-order chi connectivity index (χ1) is 10.2. The standard InChI is InChI=1S/C19H30ClN/c1-3-5-7-15-10-12-16(13-11-15)19(21-4-2)17-8-6-9-18(20)14-17/h6,8-9,14-16,19,21H,3-5,7,10-13H2,1-2H3. The van der Waals surface area contributed by atoms with Crippen molar-refractivity contribution in [3.05, 3.63) is 34.9 Å². The maximum absolute atomic E-state index is 6.18. The fraction of sp³-hybridized carbons (Fsp3) is 0.684. The van der Waals surface area contributed by atoms with Gasteiger partial charge in [-0.15, -0.1) is 0 Å². The highest BCUT2D eigenvalue weighted by molar-refractivity contribution is 6.30. The molecule has 2 heteroatoms. The normalized spacial score (nSPS) is 24.0. The predicted molar refractivity (Wildman–Crippen MR) is 92.8 cm³/mol. The van der Waals surface area contributed by atoms with Crippen LogP contribution in [0.25, 0.3) is 0 Å². The van der Waals surface area contributed by atoms with E-state index in [1.54, 1.807) is 0 Å². The van der Waals surface area contributed by atoms with Gasteiger partial charge in [0.2, 0.25) is 0 Å². The summed E-state index contributed by atoms with van der Waals surface area (Å²) in [5.74, 6) is 1.74. The molecule has 0 bridgehead atoms. The van der Waals surface area contributed by atoms with E-state index in [4.69, 9.17) is 11.6 Å². The number of halogens is 1. The van der Waals surface area contributed by atoms with E-state index < -0.39 is 0 Å². The zero-order valence-electron chi connectivity index (χ0n) is 13.6. The third-order valence-corrected chi connectivity index (χ3v) is 5.20. The van der Waals surface area contributed by atoms with Crippen LogP contribution in [-0.4, -0.2) is 6.54 Å². The van der Waals surface area contributed by atoms with Crippen LogP contribution < -0.4 is 5.32 Å². The Bertz CT molecular complexity index is 410. The lowest BCUT2D eigenvalue weighted by Gasteiger charge is -2.34. The molecule has 1 saturated carbocycles. The molecule has 0 radical (unpaired) electrons. The second-order valence-electron chi connectivity index (χ2n) is 6.51. The van der Waals surface area contributed by atoms with Gasteiger partial charge in [0.05, 0.1) is 0 Å². The molecule has 1 fully saturated rings. The Balaban J connectivity index is 1.97. The molecule has 1 aromatic rings. The molecule has 2 rings (SSSR count). The van der Waals surface area contributed by atoms with Crippen molar-refractivity contribution in [3.8, 4) is 0 Å². The Morgan fingerprint density at radius 2 is 1.95 bits per heavy atom. The van der Waals surface area contributed by atoms with Crippen LogP contribution in [-0.2, 0) is 0 Å². The van der Waals surface area contributed by atoms with Gasteiger partial charge in [-0.25, -0.2) is 0 Å². The van der Waals surface area contributed by atoms with Gasteiger partial charge in [0.1, 0.15) is 0 Å². The monoisotopic (exact) mass is 307 g/mol. The molecule has 118 valence electrons. The van der Waals surface area contributed by atoms with E-state index in [1.165, 1.54) is 50.5 Å². The number of rotatable bonds is 7. The summed E-state index contributed by atoms with van der Waals surface area (Å²) >= 11 is 6.18. The lowest BCUT2D eigenvalue weighted by Crippen LogP contribution is -2.31. The first-order valence-corrected chi connectivity index (χ1v) is 9.11. The van der Waals surface area contributed by atoms with Crippen molar-refractivity contribution in [2.45, 2.75) is 64.8 Å². The molecule has 1 aliphatic rings. The smallest absolute Gasteiger partial charge is 0.0409 e. The van der Waals surface area contributed by atoms with Crippen LogP contribution in [0.1, 0.15) is 70.4 Å². The molecular weight excluding hydrogens is 278 g/mol. The first kappa shape index (κ1) is 16.8. The van der Waals surface area contributed by atoms with E-state index in [-0.39, 0.29) is 0 Å². The topological polar surface area (TPSA) is 12.0 Å². The van der Waals surface area contributed by atoms with E-state index in [9.17, 15) is 0 Å². The van der Waals surface area contributed by atoms with Crippen LogP contribution in [0.4, 0.5) is 0 Å². The third-order valence-electron chi connectivity index (χ3n) is 4.96. The Labute approximate surface area is 135 Å². The highest BCUT2D eigenvalue weighted by atomic mass is 35.5. The maximum Gasteiger partial charge on any atom is 0.0409 e. The van der Waals surface area contributed by atoms with E-state index >= 15 is 0 Å². The van der Waals surface area contributed by atoms with Gasteiger partial charge in [-0.05, 0) is 48.9 Å². The summed E-state index contributed by atoms with van der Waals surface area (Å²) in [6, 6.07) is 8.88. The minimum absolute atomic E-state index is 0.473. The van der Waals surface area contributed by atoms with E-state index in [0.717, 1.165) is 23.4 Å². The molecular formula is C19H30ClN. The van der Waals surface area contributed by atoms with Gasteiger partial charge in [0, 0.05) is 11.1 Å². The average molecular weight is 308 g/mol. The molecule has 1 N–H and O–H groups in total. The number of nitrogens with one attached hydrogen (secondary N) is 1. The highest BCUT2D eigenvalue weighted by Crippen LogP contribution is 2.38. The molecule has 1 aromatic carbocycles. The fourth-order valence-corrected chi connectivity index (χ4v) is 3.98. The van der Waals surface area contributed by atoms with Crippen LogP contribution >= 0.6 is 11.6 Å². The molecule has 0 amide bonds. The lowest BCUT2D eigenvalue weighted by molar-refractivity contribution is 0.214. The first-order valence-electron chi connectivity index (χ1n) is 8.73. The zero-order chi connectivity index (χ0) is 15.1. The number of hydrogen-bond acceptors (Lipinski definition) is 1. The highest BCUT2D eigenvalue weighted by Gasteiger charge is 2.27. The minimum atomic E-state index is 0.473. The maximum atomic E-state index is 6.18. The van der Waals surface area contributed by atoms with Gasteiger partial charge in [-0.2, -0.15) is 0 Å². The summed E-state index contributed by atoms with van der Waals surface area (Å²) in [7, 11) is 0. The number of hydrogen-bond donors (Lipinski definition) is 1. The predicted octanol–water partition coefficient (Wildman–Crippen LogP) is 5.99. The Hall–Kier alpha value is -0.530. The van der Waals surface area contributed by atoms with Crippen molar-refractivity contribution < 1.29 is 0 Å². The SMILES string of the molecule is CCCCC1CCC(C(NCC)c2cccc(Cl)c2)CC1. The zero-order valence-corrected chi connectivity index (χ0v) is 14.3. The van der Waals surface area contributed by atoms with Gasteiger partial charge in [-0.3, -0.25) is 0 Å². The minimum Gasteiger partial charge on any atom is -0.310 e. The second-order valence-corrected chi connectivity index (χ2v) is 6.95. The summed E-state index contributed by atoms with van der Waals surface area (Å²) in [5, 5.41) is 4.55. The largest absolute Gasteiger partial charge is 0.310 e. The number of benzene rings is 1. The van der Waals surface area contributed by atoms with Crippen LogP contribution in [0.2, 0.25) is 5.02 Å². The molecule has 0 heterocycles. The molecule has 1 nitrogen and oxygen atoms in total. The van der Waals surface area contributed by atoms with Crippen molar-refractivity contribution in [2.24, 2.45) is 11.8 Å². The second kappa shape index (κ2) is 8.80. The van der Waals surface area contributed by atoms with E-state index in [2.05, 4.69) is 37.4 Å². The molecule has 21 heavy (non-hydrogen) atoms. The molecule has 0 aromatic heterocycles. The van der Waals surface area contributed by atoms with Gasteiger partial charge in [0.15, 0.2) is 0 Å².